The number of ketones is 3. The minimum atomic E-state index is -1.24. The van der Waals surface area contributed by atoms with Crippen molar-refractivity contribution in [3.8, 4) is 0 Å². The Morgan fingerprint density at radius 2 is 0.614 bits per heavy atom. The lowest BCUT2D eigenvalue weighted by molar-refractivity contribution is -0.130. The first kappa shape index (κ1) is 50.8. The van der Waals surface area contributed by atoms with Gasteiger partial charge in [-0.2, -0.15) is 0 Å². The number of nitrogens with two attached hydrogens (primary N) is 3. The first-order chi connectivity index (χ1) is 32.6. The van der Waals surface area contributed by atoms with Crippen molar-refractivity contribution in [1.82, 2.24) is 28.4 Å². The molecule has 3 atom stereocenters. The number of carbonyl (C=O) groups is 6. The van der Waals surface area contributed by atoms with Gasteiger partial charge in [0.05, 0.1) is 17.1 Å². The fourth-order valence-corrected chi connectivity index (χ4v) is 8.93. The van der Waals surface area contributed by atoms with Gasteiger partial charge in [-0.1, -0.05) is 91.0 Å². The highest BCUT2D eigenvalue weighted by Gasteiger charge is 2.52. The summed E-state index contributed by atoms with van der Waals surface area (Å²) in [5, 5.41) is 0. The molecule has 3 amide bonds. The number of amides is 3. The summed E-state index contributed by atoms with van der Waals surface area (Å²) in [6.07, 6.45) is 5.28. The van der Waals surface area contributed by atoms with Crippen LogP contribution in [0.15, 0.2) is 143 Å². The van der Waals surface area contributed by atoms with Crippen LogP contribution < -0.4 is 17.2 Å². The summed E-state index contributed by atoms with van der Waals surface area (Å²) in [4.78, 5) is 91.7. The SMILES string of the molecule is CC(=O)c1cc(C2(c3ccccc3)N=C(N)N(C)C2=O)cn1C.CC(=O)c1cc([C@@]2(c3ccccc3)N=C(N)N(C)C2=O)cn1C.CC(=O)c1cc([C@]2(c3ccccc3)N=C(N)N(C)C2=O)cn1C.[B]. The molecule has 0 fully saturated rings. The highest BCUT2D eigenvalue weighted by molar-refractivity contribution is 6.11. The second kappa shape index (κ2) is 19.2. The van der Waals surface area contributed by atoms with Crippen molar-refractivity contribution in [2.24, 2.45) is 53.3 Å². The number of aromatic nitrogens is 3. The molecule has 18 nitrogen and oxygen atoms in total. The Kier molecular flexibility index (Phi) is 13.9. The third kappa shape index (κ3) is 8.28. The smallest absolute Gasteiger partial charge is 0.266 e. The molecule has 6 N–H and O–H groups in total. The topological polar surface area (TPSA) is 242 Å². The molecule has 19 heteroatoms. The van der Waals surface area contributed by atoms with Crippen LogP contribution in [0.1, 0.15) is 85.6 Å². The van der Waals surface area contributed by atoms with Gasteiger partial charge in [0, 0.05) is 107 Å². The highest BCUT2D eigenvalue weighted by atomic mass is 16.2. The maximum absolute atomic E-state index is 13.0. The van der Waals surface area contributed by atoms with E-state index in [-0.39, 0.29) is 61.4 Å². The van der Waals surface area contributed by atoms with Crippen molar-refractivity contribution >= 4 is 61.4 Å². The lowest BCUT2D eigenvalue weighted by Crippen LogP contribution is -2.41. The Balaban J connectivity index is 0.000000171. The Bertz CT molecular complexity index is 2810. The lowest BCUT2D eigenvalue weighted by Gasteiger charge is -2.24. The van der Waals surface area contributed by atoms with E-state index in [0.717, 1.165) is 16.7 Å². The summed E-state index contributed by atoms with van der Waals surface area (Å²) in [5.74, 6) is -0.440. The van der Waals surface area contributed by atoms with Crippen LogP contribution in [0.4, 0.5) is 0 Å². The zero-order chi connectivity index (χ0) is 50.3. The van der Waals surface area contributed by atoms with Crippen LogP contribution in [0.5, 0.6) is 0 Å². The highest BCUT2D eigenvalue weighted by Crippen LogP contribution is 2.42. The monoisotopic (exact) mass is 941 g/mol. The van der Waals surface area contributed by atoms with Crippen molar-refractivity contribution < 1.29 is 28.8 Å². The minimum absolute atomic E-state index is 0. The number of aryl methyl sites for hydroxylation is 3. The number of nitrogens with zero attached hydrogens (tertiary/aromatic N) is 9. The normalized spacial score (nSPS) is 20.4. The molecule has 6 heterocycles. The van der Waals surface area contributed by atoms with E-state index in [4.69, 9.17) is 17.2 Å². The molecule has 3 radical (unpaired) electrons. The minimum Gasteiger partial charge on any atom is -0.369 e. The van der Waals surface area contributed by atoms with E-state index in [0.29, 0.717) is 33.8 Å². The molecule has 357 valence electrons. The number of benzene rings is 3. The second-order valence-corrected chi connectivity index (χ2v) is 17.1. The van der Waals surface area contributed by atoms with Gasteiger partial charge in [0.25, 0.3) is 17.7 Å². The summed E-state index contributed by atoms with van der Waals surface area (Å²) in [6.45, 7) is 4.48. The van der Waals surface area contributed by atoms with E-state index in [1.165, 1.54) is 35.5 Å². The summed E-state index contributed by atoms with van der Waals surface area (Å²) in [6, 6.07) is 32.9. The van der Waals surface area contributed by atoms with E-state index >= 15 is 0 Å². The third-order valence-electron chi connectivity index (χ3n) is 12.6. The van der Waals surface area contributed by atoms with E-state index in [1.54, 1.807) is 92.8 Å². The summed E-state index contributed by atoms with van der Waals surface area (Å²) in [7, 11) is 10.1. The predicted octanol–water partition coefficient (Wildman–Crippen LogP) is 3.39. The average molecular weight is 942 g/mol. The Hall–Kier alpha value is -8.61. The van der Waals surface area contributed by atoms with Gasteiger partial charge in [0.2, 0.25) is 0 Å². The summed E-state index contributed by atoms with van der Waals surface area (Å²) < 4.78 is 5.12. The Morgan fingerprint density at radius 3 is 0.771 bits per heavy atom. The van der Waals surface area contributed by atoms with Gasteiger partial charge in [0.15, 0.2) is 51.8 Å². The van der Waals surface area contributed by atoms with Gasteiger partial charge in [-0.25, -0.2) is 15.0 Å². The summed E-state index contributed by atoms with van der Waals surface area (Å²) in [5.41, 5.74) is 19.6. The maximum Gasteiger partial charge on any atom is 0.266 e. The molecule has 0 saturated heterocycles. The van der Waals surface area contributed by atoms with Crippen LogP contribution in [0.2, 0.25) is 0 Å². The van der Waals surface area contributed by atoms with Gasteiger partial charge in [-0.3, -0.25) is 43.5 Å². The second-order valence-electron chi connectivity index (χ2n) is 17.1. The van der Waals surface area contributed by atoms with Crippen LogP contribution in [0, 0.1) is 0 Å². The fourth-order valence-electron chi connectivity index (χ4n) is 8.93. The molecular formula is C51H54BN12O6. The van der Waals surface area contributed by atoms with Crippen molar-refractivity contribution in [2.45, 2.75) is 37.4 Å². The molecule has 0 aliphatic carbocycles. The summed E-state index contributed by atoms with van der Waals surface area (Å²) >= 11 is 0. The van der Waals surface area contributed by atoms with Gasteiger partial charge < -0.3 is 30.9 Å². The third-order valence-corrected chi connectivity index (χ3v) is 12.6. The van der Waals surface area contributed by atoms with Crippen molar-refractivity contribution in [3.05, 3.63) is 178 Å². The lowest BCUT2D eigenvalue weighted by atomic mass is 9.84. The molecule has 0 saturated carbocycles. The first-order valence-electron chi connectivity index (χ1n) is 21.7. The average Bonchev–Trinajstić information content (AvgIpc) is 4.17. The molecule has 1 unspecified atom stereocenters. The van der Waals surface area contributed by atoms with E-state index < -0.39 is 16.6 Å². The van der Waals surface area contributed by atoms with Crippen LogP contribution in [0.3, 0.4) is 0 Å². The van der Waals surface area contributed by atoms with Crippen LogP contribution in [0.25, 0.3) is 0 Å². The molecule has 9 rings (SSSR count). The van der Waals surface area contributed by atoms with Crippen LogP contribution in [-0.4, -0.2) is 111 Å². The number of hydrogen-bond acceptors (Lipinski definition) is 12. The number of hydrogen-bond donors (Lipinski definition) is 3. The number of rotatable bonds is 9. The van der Waals surface area contributed by atoms with Gasteiger partial charge in [-0.15, -0.1) is 0 Å². The standard InChI is InChI=1S/3C17H18N4O2.B/c3*1-11(22)14-9-13(10-20(14)2)17(12-7-5-4-6-8-12)15(23)21(3)16(18)19-17;/h3*4-10H,1-3H3,(H2,18,19);/t2*17-;;/m10../s1. The molecule has 3 aromatic heterocycles. The molecule has 3 aromatic carbocycles. The number of likely N-dealkylation sites (N-methyl/N-ethyl adjacent to an activating group) is 3. The van der Waals surface area contributed by atoms with Crippen molar-refractivity contribution in [1.29, 1.82) is 0 Å². The number of guanidine groups is 3. The molecule has 0 bridgehead atoms. The number of aliphatic imine (C=N–C) groups is 3. The first-order valence-corrected chi connectivity index (χ1v) is 21.7. The van der Waals surface area contributed by atoms with E-state index in [9.17, 15) is 28.8 Å². The van der Waals surface area contributed by atoms with Gasteiger partial charge in [0.1, 0.15) is 0 Å². The maximum atomic E-state index is 13.0. The van der Waals surface area contributed by atoms with E-state index in [1.807, 2.05) is 91.0 Å². The zero-order valence-electron chi connectivity index (χ0n) is 40.4. The van der Waals surface area contributed by atoms with Crippen LogP contribution >= 0.6 is 0 Å². The van der Waals surface area contributed by atoms with Crippen molar-refractivity contribution in [2.75, 3.05) is 21.1 Å². The number of carbonyl (C=O) groups excluding carboxylic acids is 6. The quantitative estimate of drug-likeness (QED) is 0.142. The Morgan fingerprint density at radius 1 is 0.400 bits per heavy atom. The van der Waals surface area contributed by atoms with Gasteiger partial charge >= 0.3 is 0 Å². The van der Waals surface area contributed by atoms with Crippen molar-refractivity contribution in [3.63, 3.8) is 0 Å². The molecule has 6 aromatic rings. The van der Waals surface area contributed by atoms with Crippen LogP contribution in [-0.2, 0) is 52.1 Å². The zero-order valence-corrected chi connectivity index (χ0v) is 40.4. The van der Waals surface area contributed by atoms with Gasteiger partial charge in [-0.05, 0) is 34.9 Å². The largest absolute Gasteiger partial charge is 0.369 e. The fraction of sp³-hybridized carbons (Fsp3) is 0.235. The predicted molar refractivity (Wildman–Crippen MR) is 267 cm³/mol. The molecule has 3 aliphatic rings. The molecule has 0 spiro atoms. The molecule has 70 heavy (non-hydrogen) atoms. The number of Topliss-reactive ketones (excluding diaryl/α,β-unsaturated/α-hetero) is 3. The molecule has 3 aliphatic heterocycles. The molecular weight excluding hydrogens is 887 g/mol. The Labute approximate surface area is 407 Å². The van der Waals surface area contributed by atoms with E-state index in [2.05, 4.69) is 15.0 Å².